The largest absolute Gasteiger partial charge is 0.369 e. The molecule has 3 rings (SSSR count). The summed E-state index contributed by atoms with van der Waals surface area (Å²) < 4.78 is 0. The van der Waals surface area contributed by atoms with Crippen LogP contribution in [0.25, 0.3) is 0 Å². The zero-order valence-electron chi connectivity index (χ0n) is 14.6. The molecule has 8 heteroatoms. The standard InChI is InChI=1S/C18H22N4O4/c1-18(13-7-3-2-4-8-13)16(25)22(17(26)20-18)11-14(23)21-9-5-6-12(10-21)15(19)24/h2-4,7-8,12H,5-6,9-11H2,1H3,(H2,19,24)(H,20,26)/t12-,18+/m0/s1. The zero-order valence-corrected chi connectivity index (χ0v) is 14.6. The minimum Gasteiger partial charge on any atom is -0.369 e. The second-order valence-electron chi connectivity index (χ2n) is 6.89. The maximum Gasteiger partial charge on any atom is 0.325 e. The average molecular weight is 358 g/mol. The fourth-order valence-electron chi connectivity index (χ4n) is 3.48. The van der Waals surface area contributed by atoms with Crippen LogP contribution >= 0.6 is 0 Å². The van der Waals surface area contributed by atoms with E-state index in [1.807, 2.05) is 6.07 Å². The van der Waals surface area contributed by atoms with Crippen molar-refractivity contribution in [2.75, 3.05) is 19.6 Å². The van der Waals surface area contributed by atoms with Crippen molar-refractivity contribution in [2.24, 2.45) is 11.7 Å². The molecule has 2 heterocycles. The first-order chi connectivity index (χ1) is 12.3. The summed E-state index contributed by atoms with van der Waals surface area (Å²) in [6.07, 6.45) is 1.32. The van der Waals surface area contributed by atoms with Crippen LogP contribution in [0.4, 0.5) is 4.79 Å². The summed E-state index contributed by atoms with van der Waals surface area (Å²) in [5, 5.41) is 2.67. The van der Waals surface area contributed by atoms with Crippen molar-refractivity contribution in [1.29, 1.82) is 0 Å². The molecule has 0 unspecified atom stereocenters. The summed E-state index contributed by atoms with van der Waals surface area (Å²) >= 11 is 0. The second kappa shape index (κ2) is 6.78. The third kappa shape index (κ3) is 3.14. The summed E-state index contributed by atoms with van der Waals surface area (Å²) in [5.41, 5.74) is 4.79. The van der Waals surface area contributed by atoms with Crippen LogP contribution in [0.3, 0.4) is 0 Å². The third-order valence-corrected chi connectivity index (χ3v) is 5.10. The Morgan fingerprint density at radius 1 is 1.27 bits per heavy atom. The van der Waals surface area contributed by atoms with Crippen molar-refractivity contribution >= 4 is 23.8 Å². The Balaban J connectivity index is 1.72. The number of carbonyl (C=O) groups excluding carboxylic acids is 4. The van der Waals surface area contributed by atoms with Gasteiger partial charge in [-0.1, -0.05) is 30.3 Å². The molecule has 3 N–H and O–H groups in total. The van der Waals surface area contributed by atoms with Crippen LogP contribution in [0.5, 0.6) is 0 Å². The van der Waals surface area contributed by atoms with Gasteiger partial charge < -0.3 is 16.0 Å². The number of hydrogen-bond acceptors (Lipinski definition) is 4. The van der Waals surface area contributed by atoms with Crippen LogP contribution < -0.4 is 11.1 Å². The highest BCUT2D eigenvalue weighted by Gasteiger charge is 2.49. The lowest BCUT2D eigenvalue weighted by atomic mass is 9.92. The number of rotatable bonds is 4. The Hall–Kier alpha value is -2.90. The Morgan fingerprint density at radius 3 is 2.62 bits per heavy atom. The lowest BCUT2D eigenvalue weighted by Gasteiger charge is -2.32. The van der Waals surface area contributed by atoms with Crippen LogP contribution in [0.1, 0.15) is 25.3 Å². The number of nitrogens with one attached hydrogen (secondary N) is 1. The quantitative estimate of drug-likeness (QED) is 0.747. The van der Waals surface area contributed by atoms with E-state index in [2.05, 4.69) is 5.32 Å². The Labute approximate surface area is 151 Å². The molecule has 0 aliphatic carbocycles. The molecule has 0 aromatic heterocycles. The lowest BCUT2D eigenvalue weighted by molar-refractivity contribution is -0.140. The van der Waals surface area contributed by atoms with Gasteiger partial charge in [-0.2, -0.15) is 0 Å². The van der Waals surface area contributed by atoms with E-state index < -0.39 is 23.4 Å². The van der Waals surface area contributed by atoms with Crippen molar-refractivity contribution in [1.82, 2.24) is 15.1 Å². The predicted molar refractivity (Wildman–Crippen MR) is 92.5 cm³/mol. The molecule has 0 spiro atoms. The molecule has 0 saturated carbocycles. The monoisotopic (exact) mass is 358 g/mol. The molecular formula is C18H22N4O4. The average Bonchev–Trinajstić information content (AvgIpc) is 2.86. The number of nitrogens with two attached hydrogens (primary N) is 1. The molecule has 138 valence electrons. The Morgan fingerprint density at radius 2 is 1.96 bits per heavy atom. The summed E-state index contributed by atoms with van der Waals surface area (Å²) in [6, 6.07) is 8.30. The molecule has 2 aliphatic rings. The van der Waals surface area contributed by atoms with E-state index in [1.54, 1.807) is 31.2 Å². The molecule has 1 aromatic rings. The van der Waals surface area contributed by atoms with Gasteiger partial charge in [0.15, 0.2) is 0 Å². The SMILES string of the molecule is C[C@]1(c2ccccc2)NC(=O)N(CC(=O)N2CCC[C@H](C(N)=O)C2)C1=O. The Bertz CT molecular complexity index is 751. The summed E-state index contributed by atoms with van der Waals surface area (Å²) in [4.78, 5) is 51.5. The van der Waals surface area contributed by atoms with E-state index in [0.717, 1.165) is 4.90 Å². The lowest BCUT2D eigenvalue weighted by Crippen LogP contribution is -2.49. The van der Waals surface area contributed by atoms with Crippen LogP contribution in [0, 0.1) is 5.92 Å². The smallest absolute Gasteiger partial charge is 0.325 e. The molecular weight excluding hydrogens is 336 g/mol. The zero-order chi connectivity index (χ0) is 18.9. The molecule has 1 aromatic carbocycles. The summed E-state index contributed by atoms with van der Waals surface area (Å²) in [5.74, 6) is -1.65. The second-order valence-corrected chi connectivity index (χ2v) is 6.89. The first kappa shape index (κ1) is 17.9. The number of imide groups is 1. The van der Waals surface area contributed by atoms with Crippen molar-refractivity contribution in [2.45, 2.75) is 25.3 Å². The van der Waals surface area contributed by atoms with E-state index in [0.29, 0.717) is 24.9 Å². The van der Waals surface area contributed by atoms with Crippen molar-refractivity contribution in [3.05, 3.63) is 35.9 Å². The minimum absolute atomic E-state index is 0.230. The molecule has 2 atom stereocenters. The van der Waals surface area contributed by atoms with Gasteiger partial charge in [-0.05, 0) is 25.3 Å². The number of primary amides is 1. The van der Waals surface area contributed by atoms with Gasteiger partial charge in [-0.3, -0.25) is 19.3 Å². The van der Waals surface area contributed by atoms with E-state index in [4.69, 9.17) is 5.73 Å². The van der Waals surface area contributed by atoms with Crippen LogP contribution in [-0.4, -0.2) is 53.2 Å². The number of hydrogen-bond donors (Lipinski definition) is 2. The predicted octanol–water partition coefficient (Wildman–Crippen LogP) is 0.178. The summed E-state index contributed by atoms with van der Waals surface area (Å²) in [7, 11) is 0. The molecule has 2 aliphatic heterocycles. The normalized spacial score (nSPS) is 26.0. The van der Waals surface area contributed by atoms with E-state index in [1.165, 1.54) is 4.90 Å². The number of carbonyl (C=O) groups is 4. The van der Waals surface area contributed by atoms with Gasteiger partial charge in [0.25, 0.3) is 5.91 Å². The summed E-state index contributed by atoms with van der Waals surface area (Å²) in [6.45, 7) is 1.99. The van der Waals surface area contributed by atoms with Crippen LogP contribution in [-0.2, 0) is 19.9 Å². The van der Waals surface area contributed by atoms with Gasteiger partial charge in [-0.25, -0.2) is 4.79 Å². The fourth-order valence-corrected chi connectivity index (χ4v) is 3.48. The van der Waals surface area contributed by atoms with Crippen molar-refractivity contribution in [3.63, 3.8) is 0 Å². The highest BCUT2D eigenvalue weighted by atomic mass is 16.2. The molecule has 2 saturated heterocycles. The first-order valence-electron chi connectivity index (χ1n) is 8.59. The highest BCUT2D eigenvalue weighted by Crippen LogP contribution is 2.28. The molecule has 2 fully saturated rings. The van der Waals surface area contributed by atoms with Gasteiger partial charge in [-0.15, -0.1) is 0 Å². The fraction of sp³-hybridized carbons (Fsp3) is 0.444. The number of piperidine rings is 1. The van der Waals surface area contributed by atoms with E-state index in [-0.39, 0.29) is 24.9 Å². The maximum atomic E-state index is 12.8. The van der Waals surface area contributed by atoms with Gasteiger partial charge in [0.1, 0.15) is 12.1 Å². The molecule has 0 bridgehead atoms. The molecule has 5 amide bonds. The maximum absolute atomic E-state index is 12.8. The van der Waals surface area contributed by atoms with Crippen molar-refractivity contribution in [3.8, 4) is 0 Å². The van der Waals surface area contributed by atoms with Gasteiger partial charge in [0.2, 0.25) is 11.8 Å². The van der Waals surface area contributed by atoms with E-state index in [9.17, 15) is 19.2 Å². The molecule has 0 radical (unpaired) electrons. The molecule has 8 nitrogen and oxygen atoms in total. The third-order valence-electron chi connectivity index (χ3n) is 5.10. The van der Waals surface area contributed by atoms with Gasteiger partial charge in [0.05, 0.1) is 5.92 Å². The van der Waals surface area contributed by atoms with Crippen LogP contribution in [0.15, 0.2) is 30.3 Å². The van der Waals surface area contributed by atoms with Gasteiger partial charge >= 0.3 is 6.03 Å². The molecule has 26 heavy (non-hydrogen) atoms. The minimum atomic E-state index is -1.20. The van der Waals surface area contributed by atoms with Crippen molar-refractivity contribution < 1.29 is 19.2 Å². The van der Waals surface area contributed by atoms with E-state index >= 15 is 0 Å². The Kier molecular flexibility index (Phi) is 4.67. The number of urea groups is 1. The van der Waals surface area contributed by atoms with Gasteiger partial charge in [0, 0.05) is 13.1 Å². The number of amides is 5. The number of nitrogens with zero attached hydrogens (tertiary/aromatic N) is 2. The highest BCUT2D eigenvalue weighted by molar-refractivity contribution is 6.09. The number of benzene rings is 1. The first-order valence-corrected chi connectivity index (χ1v) is 8.59. The number of likely N-dealkylation sites (tertiary alicyclic amines) is 1. The van der Waals surface area contributed by atoms with Crippen LogP contribution in [0.2, 0.25) is 0 Å². The topological polar surface area (TPSA) is 113 Å².